The second-order valence-electron chi connectivity index (χ2n) is 5.54. The van der Waals surface area contributed by atoms with Gasteiger partial charge in [-0.15, -0.1) is 0 Å². The highest BCUT2D eigenvalue weighted by Crippen LogP contribution is 2.24. The second kappa shape index (κ2) is 5.67. The van der Waals surface area contributed by atoms with Crippen LogP contribution in [0.3, 0.4) is 0 Å². The lowest BCUT2D eigenvalue weighted by molar-refractivity contribution is 0.206. The highest BCUT2D eigenvalue weighted by Gasteiger charge is 2.21. The van der Waals surface area contributed by atoms with Crippen molar-refractivity contribution < 1.29 is 14.3 Å². The molecule has 2 aromatic carbocycles. The van der Waals surface area contributed by atoms with E-state index in [-0.39, 0.29) is 17.5 Å². The number of nitrogens with zero attached hydrogens (tertiary/aromatic N) is 1. The minimum absolute atomic E-state index is 0.178. The van der Waals surface area contributed by atoms with E-state index < -0.39 is 5.82 Å². The molecule has 0 spiro atoms. The Labute approximate surface area is 128 Å². The zero-order valence-corrected chi connectivity index (χ0v) is 12.3. The SMILES string of the molecule is Cc1ccc(NC(=O)N2CCc3ccc(O)cc3C2)c(F)c1. The quantitative estimate of drug-likeness (QED) is 0.847. The summed E-state index contributed by atoms with van der Waals surface area (Å²) in [6.45, 7) is 2.77. The number of hydrogen-bond acceptors (Lipinski definition) is 2. The molecular weight excluding hydrogens is 283 g/mol. The Morgan fingerprint density at radius 3 is 2.82 bits per heavy atom. The van der Waals surface area contributed by atoms with Crippen LogP contribution in [0.1, 0.15) is 16.7 Å². The van der Waals surface area contributed by atoms with Gasteiger partial charge in [0.2, 0.25) is 0 Å². The first kappa shape index (κ1) is 14.4. The first-order chi connectivity index (χ1) is 10.5. The van der Waals surface area contributed by atoms with Crippen LogP contribution >= 0.6 is 0 Å². The standard InChI is InChI=1S/C17H17FN2O2/c1-11-2-5-16(15(18)8-11)19-17(22)20-7-6-12-3-4-14(21)9-13(12)10-20/h2-5,8-9,21H,6-7,10H2,1H3,(H,19,22). The molecule has 0 aliphatic carbocycles. The summed E-state index contributed by atoms with van der Waals surface area (Å²) in [5, 5.41) is 12.1. The molecule has 5 heteroatoms. The zero-order valence-electron chi connectivity index (χ0n) is 12.3. The van der Waals surface area contributed by atoms with Crippen molar-refractivity contribution in [1.29, 1.82) is 0 Å². The van der Waals surface area contributed by atoms with Gasteiger partial charge in [-0.1, -0.05) is 12.1 Å². The number of benzene rings is 2. The van der Waals surface area contributed by atoms with E-state index in [1.165, 1.54) is 6.07 Å². The van der Waals surface area contributed by atoms with Gasteiger partial charge in [-0.3, -0.25) is 0 Å². The van der Waals surface area contributed by atoms with E-state index in [0.29, 0.717) is 13.1 Å². The largest absolute Gasteiger partial charge is 0.508 e. The predicted molar refractivity (Wildman–Crippen MR) is 82.4 cm³/mol. The van der Waals surface area contributed by atoms with E-state index in [1.807, 2.05) is 6.07 Å². The summed E-state index contributed by atoms with van der Waals surface area (Å²) >= 11 is 0. The summed E-state index contributed by atoms with van der Waals surface area (Å²) < 4.78 is 13.8. The molecule has 0 saturated carbocycles. The number of carbonyl (C=O) groups is 1. The smallest absolute Gasteiger partial charge is 0.322 e. The van der Waals surface area contributed by atoms with Crippen LogP contribution in [-0.2, 0) is 13.0 Å². The molecule has 3 rings (SSSR count). The van der Waals surface area contributed by atoms with E-state index in [4.69, 9.17) is 0 Å². The summed E-state index contributed by atoms with van der Waals surface area (Å²) in [6, 6.07) is 9.56. The Bertz CT molecular complexity index is 731. The monoisotopic (exact) mass is 300 g/mol. The number of rotatable bonds is 1. The Morgan fingerprint density at radius 1 is 1.23 bits per heavy atom. The number of halogens is 1. The number of fused-ring (bicyclic) bond motifs is 1. The number of aryl methyl sites for hydroxylation is 1. The lowest BCUT2D eigenvalue weighted by atomic mass is 10.00. The maximum Gasteiger partial charge on any atom is 0.322 e. The summed E-state index contributed by atoms with van der Waals surface area (Å²) in [7, 11) is 0. The average Bonchev–Trinajstić information content (AvgIpc) is 2.49. The number of phenolic OH excluding ortho intramolecular Hbond substituents is 1. The Kier molecular flexibility index (Phi) is 3.71. The molecule has 4 nitrogen and oxygen atoms in total. The minimum Gasteiger partial charge on any atom is -0.508 e. The van der Waals surface area contributed by atoms with E-state index >= 15 is 0 Å². The summed E-state index contributed by atoms with van der Waals surface area (Å²) in [5.74, 6) is -0.256. The van der Waals surface area contributed by atoms with Gasteiger partial charge in [-0.2, -0.15) is 0 Å². The Balaban J connectivity index is 1.74. The van der Waals surface area contributed by atoms with Gasteiger partial charge in [-0.05, 0) is 54.3 Å². The van der Waals surface area contributed by atoms with Crippen molar-refractivity contribution in [1.82, 2.24) is 4.90 Å². The van der Waals surface area contributed by atoms with Crippen molar-refractivity contribution in [2.75, 3.05) is 11.9 Å². The fraction of sp³-hybridized carbons (Fsp3) is 0.235. The van der Waals surface area contributed by atoms with Crippen molar-refractivity contribution >= 4 is 11.7 Å². The Morgan fingerprint density at radius 2 is 2.05 bits per heavy atom. The van der Waals surface area contributed by atoms with Gasteiger partial charge in [0.15, 0.2) is 0 Å². The van der Waals surface area contributed by atoms with Gasteiger partial charge >= 0.3 is 6.03 Å². The average molecular weight is 300 g/mol. The van der Waals surface area contributed by atoms with E-state index in [1.54, 1.807) is 36.1 Å². The van der Waals surface area contributed by atoms with E-state index in [0.717, 1.165) is 23.1 Å². The molecule has 0 fully saturated rings. The summed E-state index contributed by atoms with van der Waals surface area (Å²) in [4.78, 5) is 13.9. The molecule has 2 amide bonds. The van der Waals surface area contributed by atoms with Crippen LogP contribution in [0.5, 0.6) is 5.75 Å². The van der Waals surface area contributed by atoms with Crippen molar-refractivity contribution in [2.24, 2.45) is 0 Å². The van der Waals surface area contributed by atoms with Gasteiger partial charge in [0, 0.05) is 13.1 Å². The zero-order chi connectivity index (χ0) is 15.7. The van der Waals surface area contributed by atoms with Gasteiger partial charge in [0.25, 0.3) is 0 Å². The Hall–Kier alpha value is -2.56. The number of amides is 2. The number of carbonyl (C=O) groups excluding carboxylic acids is 1. The summed E-state index contributed by atoms with van der Waals surface area (Å²) in [6.07, 6.45) is 0.722. The molecule has 2 aromatic rings. The van der Waals surface area contributed by atoms with Crippen LogP contribution in [0.25, 0.3) is 0 Å². The van der Waals surface area contributed by atoms with Crippen molar-refractivity contribution in [3.8, 4) is 5.75 Å². The summed E-state index contributed by atoms with van der Waals surface area (Å²) in [5.41, 5.74) is 3.03. The molecule has 0 radical (unpaired) electrons. The lowest BCUT2D eigenvalue weighted by Gasteiger charge is -2.29. The number of urea groups is 1. The van der Waals surface area contributed by atoms with E-state index in [9.17, 15) is 14.3 Å². The van der Waals surface area contributed by atoms with Gasteiger partial charge < -0.3 is 15.3 Å². The molecule has 1 heterocycles. The third kappa shape index (κ3) is 2.88. The molecule has 2 N–H and O–H groups in total. The first-order valence-electron chi connectivity index (χ1n) is 7.16. The third-order valence-electron chi connectivity index (χ3n) is 3.86. The second-order valence-corrected chi connectivity index (χ2v) is 5.54. The number of nitrogens with one attached hydrogen (secondary N) is 1. The van der Waals surface area contributed by atoms with Crippen molar-refractivity contribution in [2.45, 2.75) is 19.9 Å². The molecule has 0 atom stereocenters. The van der Waals surface area contributed by atoms with Crippen LogP contribution in [0.4, 0.5) is 14.9 Å². The topological polar surface area (TPSA) is 52.6 Å². The van der Waals surface area contributed by atoms with Crippen molar-refractivity contribution in [3.63, 3.8) is 0 Å². The number of aromatic hydroxyl groups is 1. The molecule has 0 unspecified atom stereocenters. The molecule has 22 heavy (non-hydrogen) atoms. The van der Waals surface area contributed by atoms with Gasteiger partial charge in [-0.25, -0.2) is 9.18 Å². The maximum atomic E-state index is 13.8. The number of anilines is 1. The van der Waals surface area contributed by atoms with Crippen LogP contribution in [0, 0.1) is 12.7 Å². The molecule has 114 valence electrons. The molecule has 0 saturated heterocycles. The van der Waals surface area contributed by atoms with E-state index in [2.05, 4.69) is 5.32 Å². The molecule has 0 aromatic heterocycles. The molecular formula is C17H17FN2O2. The maximum absolute atomic E-state index is 13.8. The third-order valence-corrected chi connectivity index (χ3v) is 3.86. The highest BCUT2D eigenvalue weighted by atomic mass is 19.1. The number of hydrogen-bond donors (Lipinski definition) is 2. The first-order valence-corrected chi connectivity index (χ1v) is 7.16. The molecule has 1 aliphatic rings. The number of phenols is 1. The molecule has 0 bridgehead atoms. The fourth-order valence-electron chi connectivity index (χ4n) is 2.63. The van der Waals surface area contributed by atoms with Crippen molar-refractivity contribution in [3.05, 3.63) is 58.9 Å². The lowest BCUT2D eigenvalue weighted by Crippen LogP contribution is -2.39. The highest BCUT2D eigenvalue weighted by molar-refractivity contribution is 5.89. The minimum atomic E-state index is -0.441. The van der Waals surface area contributed by atoms with Gasteiger partial charge in [0.1, 0.15) is 11.6 Å². The van der Waals surface area contributed by atoms with Gasteiger partial charge in [0.05, 0.1) is 5.69 Å². The van der Waals surface area contributed by atoms with Crippen LogP contribution in [0.15, 0.2) is 36.4 Å². The normalized spacial score (nSPS) is 13.6. The fourth-order valence-corrected chi connectivity index (χ4v) is 2.63. The predicted octanol–water partition coefficient (Wildman–Crippen LogP) is 3.43. The van der Waals surface area contributed by atoms with Crippen LogP contribution < -0.4 is 5.32 Å². The van der Waals surface area contributed by atoms with Crippen LogP contribution in [-0.4, -0.2) is 22.6 Å². The molecule has 1 aliphatic heterocycles. The van der Waals surface area contributed by atoms with Crippen LogP contribution in [0.2, 0.25) is 0 Å².